The smallest absolute Gasteiger partial charge is 0.337 e. The predicted octanol–water partition coefficient (Wildman–Crippen LogP) is 2.38. The van der Waals surface area contributed by atoms with Crippen molar-refractivity contribution in [1.82, 2.24) is 5.32 Å². The summed E-state index contributed by atoms with van der Waals surface area (Å²) in [6, 6.07) is 14.5. The van der Waals surface area contributed by atoms with Gasteiger partial charge in [0.15, 0.2) is 0 Å². The number of carbonyl (C=O) groups excluding carboxylic acids is 3. The lowest BCUT2D eigenvalue weighted by Gasteiger charge is -2.18. The zero-order valence-corrected chi connectivity index (χ0v) is 14.7. The van der Waals surface area contributed by atoms with Gasteiger partial charge in [-0.3, -0.25) is 4.79 Å². The Bertz CT molecular complexity index is 773. The van der Waals surface area contributed by atoms with Crippen LogP contribution in [0, 0.1) is 0 Å². The van der Waals surface area contributed by atoms with Crippen molar-refractivity contribution in [1.29, 1.82) is 0 Å². The number of amides is 1. The van der Waals surface area contributed by atoms with Crippen LogP contribution in [0.5, 0.6) is 0 Å². The SMILES string of the molecule is CCOC(=O)[C@@H](Cc1cccc(C(=O)OC)c1)NC(=O)c1ccccc1. The minimum atomic E-state index is -0.865. The van der Waals surface area contributed by atoms with Gasteiger partial charge in [0.1, 0.15) is 6.04 Å². The molecule has 0 fully saturated rings. The van der Waals surface area contributed by atoms with E-state index in [4.69, 9.17) is 9.47 Å². The van der Waals surface area contributed by atoms with Crippen LogP contribution >= 0.6 is 0 Å². The van der Waals surface area contributed by atoms with Gasteiger partial charge in [0, 0.05) is 12.0 Å². The Balaban J connectivity index is 2.18. The highest BCUT2D eigenvalue weighted by Crippen LogP contribution is 2.11. The molecule has 1 amide bonds. The first kappa shape index (κ1) is 19.2. The number of benzene rings is 2. The summed E-state index contributed by atoms with van der Waals surface area (Å²) in [4.78, 5) is 36.3. The Kier molecular flexibility index (Phi) is 6.91. The van der Waals surface area contributed by atoms with Gasteiger partial charge >= 0.3 is 11.9 Å². The molecular formula is C20H21NO5. The molecule has 6 heteroatoms. The summed E-state index contributed by atoms with van der Waals surface area (Å²) in [6.45, 7) is 1.91. The molecule has 2 aromatic rings. The molecule has 0 unspecified atom stereocenters. The highest BCUT2D eigenvalue weighted by Gasteiger charge is 2.23. The molecule has 0 heterocycles. The van der Waals surface area contributed by atoms with Crippen LogP contribution in [0.15, 0.2) is 54.6 Å². The fraction of sp³-hybridized carbons (Fsp3) is 0.250. The minimum Gasteiger partial charge on any atom is -0.465 e. The van der Waals surface area contributed by atoms with E-state index in [1.165, 1.54) is 7.11 Å². The largest absolute Gasteiger partial charge is 0.465 e. The van der Waals surface area contributed by atoms with Crippen molar-refractivity contribution in [3.63, 3.8) is 0 Å². The Morgan fingerprint density at radius 3 is 2.35 bits per heavy atom. The average Bonchev–Trinajstić information content (AvgIpc) is 2.67. The van der Waals surface area contributed by atoms with Gasteiger partial charge in [0.25, 0.3) is 5.91 Å². The lowest BCUT2D eigenvalue weighted by atomic mass is 10.0. The number of rotatable bonds is 7. The Hall–Kier alpha value is -3.15. The van der Waals surface area contributed by atoms with E-state index in [-0.39, 0.29) is 18.9 Å². The maximum atomic E-state index is 12.4. The number of nitrogens with one attached hydrogen (secondary N) is 1. The van der Waals surface area contributed by atoms with E-state index < -0.39 is 18.0 Å². The molecule has 0 aromatic heterocycles. The van der Waals surface area contributed by atoms with Crippen LogP contribution in [0.3, 0.4) is 0 Å². The minimum absolute atomic E-state index is 0.197. The van der Waals surface area contributed by atoms with E-state index in [9.17, 15) is 14.4 Å². The fourth-order valence-electron chi connectivity index (χ4n) is 2.45. The summed E-state index contributed by atoms with van der Waals surface area (Å²) >= 11 is 0. The Morgan fingerprint density at radius 1 is 1.00 bits per heavy atom. The van der Waals surface area contributed by atoms with Gasteiger partial charge in [0.05, 0.1) is 19.3 Å². The van der Waals surface area contributed by atoms with Crippen molar-refractivity contribution < 1.29 is 23.9 Å². The number of ether oxygens (including phenoxy) is 2. The van der Waals surface area contributed by atoms with Crippen LogP contribution < -0.4 is 5.32 Å². The Labute approximate surface area is 152 Å². The standard InChI is InChI=1S/C20H21NO5/c1-3-26-20(24)17(21-18(22)15-9-5-4-6-10-15)13-14-8-7-11-16(12-14)19(23)25-2/h4-12,17H,3,13H2,1-2H3,(H,21,22)/t17-/m1/s1. The molecule has 0 spiro atoms. The van der Waals surface area contributed by atoms with Crippen molar-refractivity contribution in [2.24, 2.45) is 0 Å². The molecule has 0 aliphatic rings. The summed E-state index contributed by atoms with van der Waals surface area (Å²) in [5.74, 6) is -1.36. The second-order valence-electron chi connectivity index (χ2n) is 5.54. The lowest BCUT2D eigenvalue weighted by molar-refractivity contribution is -0.145. The quantitative estimate of drug-likeness (QED) is 0.771. The van der Waals surface area contributed by atoms with Crippen LogP contribution in [0.25, 0.3) is 0 Å². The normalized spacial score (nSPS) is 11.3. The van der Waals surface area contributed by atoms with Crippen molar-refractivity contribution in [2.45, 2.75) is 19.4 Å². The summed E-state index contributed by atoms with van der Waals surface area (Å²) in [5, 5.41) is 2.70. The molecule has 0 saturated heterocycles. The molecule has 6 nitrogen and oxygen atoms in total. The molecular weight excluding hydrogens is 334 g/mol. The first-order valence-electron chi connectivity index (χ1n) is 8.25. The van der Waals surface area contributed by atoms with Gasteiger partial charge in [0.2, 0.25) is 0 Å². The molecule has 0 radical (unpaired) electrons. The number of esters is 2. The van der Waals surface area contributed by atoms with Gasteiger partial charge in [-0.1, -0.05) is 30.3 Å². The van der Waals surface area contributed by atoms with E-state index >= 15 is 0 Å². The van der Waals surface area contributed by atoms with Gasteiger partial charge in [-0.2, -0.15) is 0 Å². The molecule has 1 N–H and O–H groups in total. The van der Waals surface area contributed by atoms with E-state index in [0.29, 0.717) is 16.7 Å². The zero-order valence-electron chi connectivity index (χ0n) is 14.7. The fourth-order valence-corrected chi connectivity index (χ4v) is 2.45. The topological polar surface area (TPSA) is 81.7 Å². The van der Waals surface area contributed by atoms with E-state index in [1.54, 1.807) is 61.5 Å². The summed E-state index contributed by atoms with van der Waals surface area (Å²) < 4.78 is 9.77. The number of methoxy groups -OCH3 is 1. The summed E-state index contributed by atoms with van der Waals surface area (Å²) in [7, 11) is 1.30. The van der Waals surface area contributed by atoms with Crippen LogP contribution in [-0.2, 0) is 20.7 Å². The first-order chi connectivity index (χ1) is 12.5. The zero-order chi connectivity index (χ0) is 18.9. The third-order valence-corrected chi connectivity index (χ3v) is 3.70. The van der Waals surface area contributed by atoms with Gasteiger partial charge < -0.3 is 14.8 Å². The van der Waals surface area contributed by atoms with E-state index in [0.717, 1.165) is 0 Å². The third-order valence-electron chi connectivity index (χ3n) is 3.70. The second kappa shape index (κ2) is 9.36. The van der Waals surface area contributed by atoms with Crippen LogP contribution in [0.4, 0.5) is 0 Å². The predicted molar refractivity (Wildman–Crippen MR) is 95.8 cm³/mol. The van der Waals surface area contributed by atoms with E-state index in [2.05, 4.69) is 5.32 Å². The van der Waals surface area contributed by atoms with Crippen molar-refractivity contribution in [2.75, 3.05) is 13.7 Å². The molecule has 26 heavy (non-hydrogen) atoms. The molecule has 2 rings (SSSR count). The summed E-state index contributed by atoms with van der Waals surface area (Å²) in [6.07, 6.45) is 0.197. The van der Waals surface area contributed by atoms with Crippen molar-refractivity contribution >= 4 is 17.8 Å². The molecule has 2 aromatic carbocycles. The lowest BCUT2D eigenvalue weighted by Crippen LogP contribution is -2.43. The van der Waals surface area contributed by atoms with Crippen LogP contribution in [0.1, 0.15) is 33.2 Å². The molecule has 0 saturated carbocycles. The molecule has 0 aliphatic heterocycles. The van der Waals surface area contributed by atoms with Gasteiger partial charge in [-0.05, 0) is 36.8 Å². The highest BCUT2D eigenvalue weighted by atomic mass is 16.5. The first-order valence-corrected chi connectivity index (χ1v) is 8.25. The van der Waals surface area contributed by atoms with Crippen LogP contribution in [-0.4, -0.2) is 37.6 Å². The molecule has 0 aliphatic carbocycles. The van der Waals surface area contributed by atoms with Crippen LogP contribution in [0.2, 0.25) is 0 Å². The monoisotopic (exact) mass is 355 g/mol. The van der Waals surface area contributed by atoms with Gasteiger partial charge in [-0.15, -0.1) is 0 Å². The second-order valence-corrected chi connectivity index (χ2v) is 5.54. The maximum absolute atomic E-state index is 12.4. The average molecular weight is 355 g/mol. The number of hydrogen-bond acceptors (Lipinski definition) is 5. The Morgan fingerprint density at radius 2 is 1.69 bits per heavy atom. The van der Waals surface area contributed by atoms with Gasteiger partial charge in [-0.25, -0.2) is 9.59 Å². The van der Waals surface area contributed by atoms with Crippen molar-refractivity contribution in [3.8, 4) is 0 Å². The maximum Gasteiger partial charge on any atom is 0.337 e. The number of carbonyl (C=O) groups is 3. The summed E-state index contributed by atoms with van der Waals surface area (Å²) in [5.41, 5.74) is 1.53. The van der Waals surface area contributed by atoms with E-state index in [1.807, 2.05) is 0 Å². The third kappa shape index (κ3) is 5.17. The molecule has 136 valence electrons. The number of hydrogen-bond donors (Lipinski definition) is 1. The van der Waals surface area contributed by atoms with Crippen molar-refractivity contribution in [3.05, 3.63) is 71.3 Å². The molecule has 1 atom stereocenters. The molecule has 0 bridgehead atoms. The highest BCUT2D eigenvalue weighted by molar-refractivity contribution is 5.96.